The summed E-state index contributed by atoms with van der Waals surface area (Å²) in [6, 6.07) is 0. The van der Waals surface area contributed by atoms with Gasteiger partial charge in [0.25, 0.3) is 0 Å². The normalized spacial score (nSPS) is 12.6. The Labute approximate surface area is 339 Å². The summed E-state index contributed by atoms with van der Waals surface area (Å²) < 4.78 is 11.6. The molecule has 0 aromatic heterocycles. The number of aliphatic hydroxyl groups is 4. The van der Waals surface area contributed by atoms with E-state index in [1.807, 2.05) is 104 Å². The Kier molecular flexibility index (Phi) is 40.0. The first-order chi connectivity index (χ1) is 21.2. The van der Waals surface area contributed by atoms with Crippen LogP contribution in [0.2, 0.25) is 0 Å². The summed E-state index contributed by atoms with van der Waals surface area (Å²) in [5, 5.41) is 36.6. The van der Waals surface area contributed by atoms with E-state index in [-0.39, 0.29) is 44.8 Å². The second-order valence-corrected chi connectivity index (χ2v) is 18.6. The summed E-state index contributed by atoms with van der Waals surface area (Å²) >= 11 is 0. The maximum Gasteiger partial charge on any atom is 0.148 e. The van der Waals surface area contributed by atoms with E-state index in [0.717, 1.165) is 13.1 Å². The maximum absolute atomic E-state index is 9.15. The van der Waals surface area contributed by atoms with Gasteiger partial charge in [0.1, 0.15) is 6.79 Å². The number of nitrogens with zero attached hydrogens (tertiary/aromatic N) is 6. The van der Waals surface area contributed by atoms with Crippen LogP contribution in [0.1, 0.15) is 83.1 Å². The van der Waals surface area contributed by atoms with Gasteiger partial charge in [0.15, 0.2) is 0 Å². The van der Waals surface area contributed by atoms with Crippen LogP contribution in [0.15, 0.2) is 0 Å². The summed E-state index contributed by atoms with van der Waals surface area (Å²) in [7, 11) is 23.7. The zero-order chi connectivity index (χ0) is 40.8. The number of ether oxygens (including phenoxy) is 2. The Morgan fingerprint density at radius 3 is 0.549 bits per heavy atom. The molecule has 0 saturated heterocycles. The Hall–Kier alpha value is 0.533. The van der Waals surface area contributed by atoms with Crippen molar-refractivity contribution in [3.63, 3.8) is 0 Å². The van der Waals surface area contributed by atoms with Crippen molar-refractivity contribution in [2.45, 2.75) is 117 Å². The van der Waals surface area contributed by atoms with Crippen molar-refractivity contribution in [2.75, 3.05) is 131 Å². The largest absolute Gasteiger partial charge is 0.389 e. The predicted molar refractivity (Wildman–Crippen MR) is 212 cm³/mol. The molecule has 0 rings (SSSR count). The molecular formula is C37H90CuN6NiO6. The third-order valence-electron chi connectivity index (χ3n) is 5.11. The molecule has 0 amide bonds. The third kappa shape index (κ3) is 80.2. The Morgan fingerprint density at radius 2 is 0.471 bits per heavy atom. The van der Waals surface area contributed by atoms with Crippen LogP contribution in [0.25, 0.3) is 0 Å². The monoisotopic (exact) mass is 836 g/mol. The SMILES string of the molecule is CN(C)CC(C)(C)O.CN(C)CC(C)(C)O.CN(C)CC(C)(C)O.CN(C)CC(C)(C)O.CN(C)CC(C)(C)OCOC(C)(C)CN(C)C.[Cu].[Ni]. The van der Waals surface area contributed by atoms with Crippen LogP contribution in [-0.4, -0.2) is 214 Å². The first kappa shape index (κ1) is 66.4. The van der Waals surface area contributed by atoms with Gasteiger partial charge in [0.2, 0.25) is 0 Å². The van der Waals surface area contributed by atoms with Crippen molar-refractivity contribution in [3.8, 4) is 0 Å². The van der Waals surface area contributed by atoms with Crippen molar-refractivity contribution in [3.05, 3.63) is 0 Å². The molecule has 12 nitrogen and oxygen atoms in total. The first-order valence-electron chi connectivity index (χ1n) is 17.3. The van der Waals surface area contributed by atoms with E-state index in [9.17, 15) is 0 Å². The zero-order valence-corrected chi connectivity index (χ0v) is 39.8. The Balaban J connectivity index is -0.0000000987. The van der Waals surface area contributed by atoms with Crippen LogP contribution >= 0.6 is 0 Å². The Morgan fingerprint density at radius 1 is 0.333 bits per heavy atom. The molecule has 4 N–H and O–H groups in total. The van der Waals surface area contributed by atoms with E-state index in [1.165, 1.54) is 0 Å². The summed E-state index contributed by atoms with van der Waals surface area (Å²) in [5.41, 5.74) is -2.57. The van der Waals surface area contributed by atoms with E-state index >= 15 is 0 Å². The van der Waals surface area contributed by atoms with Gasteiger partial charge in [-0.3, -0.25) is 0 Å². The van der Waals surface area contributed by atoms with Gasteiger partial charge in [0.05, 0.1) is 33.6 Å². The van der Waals surface area contributed by atoms with Crippen LogP contribution in [0.4, 0.5) is 0 Å². The maximum atomic E-state index is 9.15. The van der Waals surface area contributed by atoms with Gasteiger partial charge < -0.3 is 59.3 Å². The molecular weight excluding hydrogens is 747 g/mol. The molecule has 325 valence electrons. The van der Waals surface area contributed by atoms with E-state index in [2.05, 4.69) is 37.5 Å². The number of hydrogen-bond donors (Lipinski definition) is 4. The molecule has 0 heterocycles. The van der Waals surface area contributed by atoms with Crippen molar-refractivity contribution in [1.82, 2.24) is 29.4 Å². The Bertz CT molecular complexity index is 659. The summed E-state index contributed by atoms with van der Waals surface area (Å²) in [4.78, 5) is 12.1. The van der Waals surface area contributed by atoms with E-state index in [0.29, 0.717) is 33.0 Å². The summed E-state index contributed by atoms with van der Waals surface area (Å²) in [6.07, 6.45) is 0. The van der Waals surface area contributed by atoms with E-state index < -0.39 is 22.4 Å². The molecule has 0 unspecified atom stereocenters. The van der Waals surface area contributed by atoms with Crippen LogP contribution in [0.3, 0.4) is 0 Å². The van der Waals surface area contributed by atoms with Crippen molar-refractivity contribution in [2.24, 2.45) is 0 Å². The van der Waals surface area contributed by atoms with Crippen LogP contribution < -0.4 is 0 Å². The number of hydrogen-bond acceptors (Lipinski definition) is 12. The van der Waals surface area contributed by atoms with Crippen LogP contribution in [0.5, 0.6) is 0 Å². The molecule has 0 aromatic carbocycles. The molecule has 0 aliphatic carbocycles. The molecule has 0 aliphatic rings. The van der Waals surface area contributed by atoms with Crippen molar-refractivity contribution < 1.29 is 63.5 Å². The average Bonchev–Trinajstić information content (AvgIpc) is 2.65. The molecule has 0 spiro atoms. The standard InChI is InChI=1S/C13H30N2O2.4C6H15NO.Cu.Ni/c1-12(2,9-14(5)6)16-11-17-13(3,4)10-15(7)8;4*1-6(2,8)5-7(3)4;;/h9-11H2,1-8H3;4*8H,5H2,1-4H3;;. The van der Waals surface area contributed by atoms with Gasteiger partial charge in [-0.25, -0.2) is 0 Å². The first-order valence-corrected chi connectivity index (χ1v) is 17.3. The number of rotatable bonds is 16. The molecule has 0 aliphatic heterocycles. The van der Waals surface area contributed by atoms with Crippen LogP contribution in [-0.2, 0) is 43.0 Å². The summed E-state index contributed by atoms with van der Waals surface area (Å²) in [5.74, 6) is 0. The molecule has 14 heteroatoms. The van der Waals surface area contributed by atoms with Gasteiger partial charge in [-0.2, -0.15) is 0 Å². The quantitative estimate of drug-likeness (QED) is 0.135. The second-order valence-electron chi connectivity index (χ2n) is 18.6. The fourth-order valence-electron chi connectivity index (χ4n) is 5.06. The topological polar surface area (TPSA) is 119 Å². The minimum Gasteiger partial charge on any atom is -0.389 e. The summed E-state index contributed by atoms with van der Waals surface area (Å²) in [6.45, 7) is 27.7. The molecule has 51 heavy (non-hydrogen) atoms. The molecule has 0 fully saturated rings. The number of likely N-dealkylation sites (N-methyl/N-ethyl adjacent to an activating group) is 6. The third-order valence-corrected chi connectivity index (χ3v) is 5.11. The molecule has 1 radical (unpaired) electrons. The van der Waals surface area contributed by atoms with Crippen LogP contribution in [0, 0.1) is 0 Å². The molecule has 0 saturated carbocycles. The smallest absolute Gasteiger partial charge is 0.148 e. The van der Waals surface area contributed by atoms with Gasteiger partial charge in [0, 0.05) is 72.8 Å². The van der Waals surface area contributed by atoms with Gasteiger partial charge >= 0.3 is 0 Å². The fourth-order valence-corrected chi connectivity index (χ4v) is 5.06. The molecule has 0 aromatic rings. The van der Waals surface area contributed by atoms with Gasteiger partial charge in [-0.05, 0) is 168 Å². The van der Waals surface area contributed by atoms with E-state index in [1.54, 1.807) is 55.4 Å². The van der Waals surface area contributed by atoms with Gasteiger partial charge in [-0.15, -0.1) is 0 Å². The predicted octanol–water partition coefficient (Wildman–Crippen LogP) is 2.93. The van der Waals surface area contributed by atoms with Crippen molar-refractivity contribution >= 4 is 0 Å². The van der Waals surface area contributed by atoms with Gasteiger partial charge in [-0.1, -0.05) is 0 Å². The zero-order valence-electron chi connectivity index (χ0n) is 37.9. The fraction of sp³-hybridized carbons (Fsp3) is 1.00. The average molecular weight is 837 g/mol. The molecule has 0 bridgehead atoms. The minimum atomic E-state index is -0.552. The van der Waals surface area contributed by atoms with E-state index in [4.69, 9.17) is 29.9 Å². The second kappa shape index (κ2) is 30.7. The van der Waals surface area contributed by atoms with Crippen molar-refractivity contribution in [1.29, 1.82) is 0 Å². The minimum absolute atomic E-state index is 0. The molecule has 0 atom stereocenters.